The Morgan fingerprint density at radius 2 is 1.90 bits per heavy atom. The van der Waals surface area contributed by atoms with Crippen LogP contribution in [0, 0.1) is 5.82 Å². The van der Waals surface area contributed by atoms with E-state index in [0.717, 1.165) is 0 Å². The maximum atomic E-state index is 13.8. The van der Waals surface area contributed by atoms with Crippen LogP contribution in [0.2, 0.25) is 0 Å². The summed E-state index contributed by atoms with van der Waals surface area (Å²) in [7, 11) is 2.75. The van der Waals surface area contributed by atoms with Crippen LogP contribution in [0.1, 0.15) is 27.7 Å². The molecule has 2 N–H and O–H groups in total. The number of anilines is 1. The first-order valence-corrected chi connectivity index (χ1v) is 6.52. The van der Waals surface area contributed by atoms with Crippen LogP contribution in [-0.4, -0.2) is 30.9 Å². The standard InChI is InChI=1S/C13H19BFNO3S/c1-12(2,17)13(3,4)19-14-8-6-9(15)11(18-5)10(7-8)16-20/h6-7,16-17H,1-5H3/q-1. The maximum Gasteiger partial charge on any atom is 0.331 e. The lowest BCUT2D eigenvalue weighted by Gasteiger charge is -2.37. The van der Waals surface area contributed by atoms with E-state index in [9.17, 15) is 9.50 Å². The second-order valence-corrected chi connectivity index (χ2v) is 5.69. The zero-order valence-corrected chi connectivity index (χ0v) is 13.1. The van der Waals surface area contributed by atoms with Crippen LogP contribution in [-0.2, 0) is 17.5 Å². The summed E-state index contributed by atoms with van der Waals surface area (Å²) in [6, 6.07) is 2.88. The summed E-state index contributed by atoms with van der Waals surface area (Å²) in [5.41, 5.74) is -1.05. The molecule has 0 heterocycles. The molecule has 0 amide bonds. The topological polar surface area (TPSA) is 50.7 Å². The third kappa shape index (κ3) is 3.80. The van der Waals surface area contributed by atoms with E-state index < -0.39 is 17.0 Å². The summed E-state index contributed by atoms with van der Waals surface area (Å²) >= 11 is 4.72. The summed E-state index contributed by atoms with van der Waals surface area (Å²) in [5.74, 6) is -0.489. The van der Waals surface area contributed by atoms with Gasteiger partial charge in [-0.3, -0.25) is 0 Å². The highest BCUT2D eigenvalue weighted by Gasteiger charge is 2.35. The van der Waals surface area contributed by atoms with Crippen LogP contribution in [0.4, 0.5) is 10.1 Å². The quantitative estimate of drug-likeness (QED) is 0.616. The molecule has 1 aromatic rings. The first kappa shape index (κ1) is 17.1. The molecule has 0 atom stereocenters. The zero-order chi connectivity index (χ0) is 15.6. The minimum absolute atomic E-state index is 0.0545. The molecule has 20 heavy (non-hydrogen) atoms. The molecule has 1 radical (unpaired) electrons. The number of aliphatic hydroxyl groups is 1. The summed E-state index contributed by atoms with van der Waals surface area (Å²) < 4.78 is 26.8. The third-order valence-electron chi connectivity index (χ3n) is 3.34. The van der Waals surface area contributed by atoms with Gasteiger partial charge in [0.05, 0.1) is 24.0 Å². The van der Waals surface area contributed by atoms with Gasteiger partial charge in [0, 0.05) is 0 Å². The van der Waals surface area contributed by atoms with Gasteiger partial charge in [-0.05, 0) is 45.3 Å². The molecule has 0 saturated heterocycles. The average Bonchev–Trinajstić information content (AvgIpc) is 2.34. The van der Waals surface area contributed by atoms with Crippen molar-refractivity contribution in [3.05, 3.63) is 17.9 Å². The normalized spacial score (nSPS) is 12.2. The van der Waals surface area contributed by atoms with Gasteiger partial charge in [-0.1, -0.05) is 0 Å². The lowest BCUT2D eigenvalue weighted by atomic mass is 9.82. The molecule has 0 bridgehead atoms. The van der Waals surface area contributed by atoms with Crippen molar-refractivity contribution < 1.29 is 18.9 Å². The number of ether oxygens (including phenoxy) is 1. The molecular weight excluding hydrogens is 280 g/mol. The lowest BCUT2D eigenvalue weighted by molar-refractivity contribution is -0.0893. The van der Waals surface area contributed by atoms with Gasteiger partial charge in [0.2, 0.25) is 0 Å². The number of hydrogen-bond acceptors (Lipinski definition) is 5. The van der Waals surface area contributed by atoms with Gasteiger partial charge < -0.3 is 32.0 Å². The maximum absolute atomic E-state index is 13.8. The average molecular weight is 299 g/mol. The van der Waals surface area contributed by atoms with Crippen LogP contribution in [0.3, 0.4) is 0 Å². The van der Waals surface area contributed by atoms with Gasteiger partial charge in [0.25, 0.3) is 0 Å². The highest BCUT2D eigenvalue weighted by molar-refractivity contribution is 7.60. The Hall–Kier alpha value is -0.915. The third-order valence-corrected chi connectivity index (χ3v) is 3.56. The number of hydrogen-bond donors (Lipinski definition) is 2. The molecule has 0 unspecified atom stereocenters. The minimum Gasteiger partial charge on any atom is -0.670 e. The van der Waals surface area contributed by atoms with Crippen LogP contribution >= 0.6 is 0 Å². The van der Waals surface area contributed by atoms with E-state index in [0.29, 0.717) is 11.2 Å². The molecule has 4 nitrogen and oxygen atoms in total. The van der Waals surface area contributed by atoms with E-state index in [-0.39, 0.29) is 5.75 Å². The van der Waals surface area contributed by atoms with E-state index in [1.54, 1.807) is 33.8 Å². The van der Waals surface area contributed by atoms with Crippen molar-refractivity contribution >= 4 is 31.4 Å². The number of methoxy groups -OCH3 is 1. The van der Waals surface area contributed by atoms with Gasteiger partial charge in [-0.15, -0.1) is 0 Å². The highest BCUT2D eigenvalue weighted by Crippen LogP contribution is 2.27. The van der Waals surface area contributed by atoms with Gasteiger partial charge in [0.1, 0.15) is 0 Å². The second-order valence-electron chi connectivity index (χ2n) is 5.49. The molecule has 1 aromatic carbocycles. The SMILES string of the molecule is COc1c(F)cc([B]OC(C)(C)C(C)(C)O)cc1N[S-]. The molecule has 1 rings (SSSR count). The van der Waals surface area contributed by atoms with Crippen molar-refractivity contribution in [2.75, 3.05) is 11.8 Å². The molecule has 0 aliphatic heterocycles. The van der Waals surface area contributed by atoms with Crippen molar-refractivity contribution in [2.45, 2.75) is 38.9 Å². The highest BCUT2D eigenvalue weighted by atomic mass is 32.1. The zero-order valence-electron chi connectivity index (χ0n) is 12.3. The van der Waals surface area contributed by atoms with Crippen molar-refractivity contribution in [2.24, 2.45) is 0 Å². The monoisotopic (exact) mass is 299 g/mol. The molecular formula is C13H19BFNO3S-. The van der Waals surface area contributed by atoms with Gasteiger partial charge in [-0.2, -0.15) is 0 Å². The Kier molecular flexibility index (Phi) is 5.35. The first-order valence-electron chi connectivity index (χ1n) is 6.11. The summed E-state index contributed by atoms with van der Waals surface area (Å²) in [6.07, 6.45) is 0. The van der Waals surface area contributed by atoms with Gasteiger partial charge in [-0.25, -0.2) is 4.39 Å². The van der Waals surface area contributed by atoms with E-state index >= 15 is 0 Å². The minimum atomic E-state index is -1.05. The fourth-order valence-corrected chi connectivity index (χ4v) is 1.48. The van der Waals surface area contributed by atoms with Crippen molar-refractivity contribution in [1.29, 1.82) is 0 Å². The van der Waals surface area contributed by atoms with E-state index in [1.807, 2.05) is 0 Å². The number of nitrogens with one attached hydrogen (secondary N) is 1. The van der Waals surface area contributed by atoms with E-state index in [4.69, 9.17) is 22.2 Å². The lowest BCUT2D eigenvalue weighted by Crippen LogP contribution is -2.49. The Balaban J connectivity index is 2.92. The Labute approximate surface area is 125 Å². The molecule has 0 aliphatic carbocycles. The predicted octanol–water partition coefficient (Wildman–Crippen LogP) is 1.52. The van der Waals surface area contributed by atoms with Crippen LogP contribution in [0.25, 0.3) is 0 Å². The van der Waals surface area contributed by atoms with Crippen molar-refractivity contribution in [3.8, 4) is 5.75 Å². The smallest absolute Gasteiger partial charge is 0.331 e. The predicted molar refractivity (Wildman–Crippen MR) is 80.8 cm³/mol. The molecule has 0 aromatic heterocycles. The van der Waals surface area contributed by atoms with Gasteiger partial charge in [0.15, 0.2) is 11.6 Å². The fraction of sp³-hybridized carbons (Fsp3) is 0.538. The van der Waals surface area contributed by atoms with E-state index in [2.05, 4.69) is 4.72 Å². The molecule has 0 aliphatic rings. The largest absolute Gasteiger partial charge is 0.670 e. The summed E-state index contributed by atoms with van der Waals surface area (Å²) in [4.78, 5) is 0. The van der Waals surface area contributed by atoms with E-state index in [1.165, 1.54) is 20.7 Å². The molecule has 0 fully saturated rings. The van der Waals surface area contributed by atoms with Crippen LogP contribution in [0.5, 0.6) is 5.75 Å². The first-order chi connectivity index (χ1) is 9.12. The van der Waals surface area contributed by atoms with Crippen LogP contribution < -0.4 is 14.9 Å². The summed E-state index contributed by atoms with van der Waals surface area (Å²) in [6.45, 7) is 6.78. The second kappa shape index (κ2) is 6.24. The van der Waals surface area contributed by atoms with Crippen LogP contribution in [0.15, 0.2) is 12.1 Å². The Bertz CT molecular complexity index is 477. The van der Waals surface area contributed by atoms with Gasteiger partial charge >= 0.3 is 7.48 Å². The van der Waals surface area contributed by atoms with Crippen molar-refractivity contribution in [3.63, 3.8) is 0 Å². The molecule has 0 spiro atoms. The Morgan fingerprint density at radius 1 is 1.30 bits per heavy atom. The summed E-state index contributed by atoms with van der Waals surface area (Å²) in [5, 5.41) is 9.99. The number of rotatable bonds is 6. The number of benzene rings is 1. The Morgan fingerprint density at radius 3 is 2.35 bits per heavy atom. The fourth-order valence-electron chi connectivity index (χ4n) is 1.33. The molecule has 7 heteroatoms. The number of halogens is 1. The molecule has 111 valence electrons. The van der Waals surface area contributed by atoms with Crippen molar-refractivity contribution in [1.82, 2.24) is 0 Å². The molecule has 0 saturated carbocycles.